The maximum Gasteiger partial charge on any atom is 0.158 e. The fourth-order valence-corrected chi connectivity index (χ4v) is 7.37. The largest absolute Gasteiger partial charge is 0.346 e. The van der Waals surface area contributed by atoms with Crippen LogP contribution in [-0.2, 0) is 0 Å². The molecule has 6 heteroatoms. The molecular weight excluding hydrogens is 390 g/mol. The molecule has 6 heterocycles. The lowest BCUT2D eigenvalue weighted by atomic mass is 9.72. The maximum absolute atomic E-state index is 4.38. The Labute approximate surface area is 180 Å². The van der Waals surface area contributed by atoms with Crippen molar-refractivity contribution in [1.29, 1.82) is 0 Å². The van der Waals surface area contributed by atoms with Gasteiger partial charge in [0.05, 0.1) is 5.69 Å². The number of H-pyrrole nitrogens is 1. The van der Waals surface area contributed by atoms with E-state index in [9.17, 15) is 0 Å². The molecule has 2 aliphatic heterocycles. The smallest absolute Gasteiger partial charge is 0.158 e. The fourth-order valence-electron chi connectivity index (χ4n) is 5.94. The number of hydrogen-bond donors (Lipinski definition) is 2. The maximum atomic E-state index is 4.38. The van der Waals surface area contributed by atoms with Crippen LogP contribution in [0.5, 0.6) is 0 Å². The van der Waals surface area contributed by atoms with Crippen molar-refractivity contribution in [1.82, 2.24) is 24.9 Å². The molecule has 0 spiro atoms. The normalized spacial score (nSPS) is 24.0. The van der Waals surface area contributed by atoms with Crippen LogP contribution in [0.25, 0.3) is 27.1 Å². The summed E-state index contributed by atoms with van der Waals surface area (Å²) in [5.74, 6) is 1.98. The molecule has 4 aromatic heterocycles. The summed E-state index contributed by atoms with van der Waals surface area (Å²) in [6.45, 7) is 10.3. The van der Waals surface area contributed by atoms with Gasteiger partial charge in [0.25, 0.3) is 0 Å². The highest BCUT2D eigenvalue weighted by Gasteiger charge is 2.38. The molecule has 1 saturated carbocycles. The zero-order valence-electron chi connectivity index (χ0n) is 18.1. The van der Waals surface area contributed by atoms with Crippen molar-refractivity contribution in [2.75, 3.05) is 6.54 Å². The average Bonchev–Trinajstić information content (AvgIpc) is 3.43. The summed E-state index contributed by atoms with van der Waals surface area (Å²) in [5, 5.41) is 9.58. The topological polar surface area (TPSA) is 58.0 Å². The molecule has 156 valence electrons. The average molecular weight is 420 g/mol. The number of fused-ring (bicyclic) bond motifs is 5. The molecule has 0 amide bonds. The van der Waals surface area contributed by atoms with Gasteiger partial charge in [-0.05, 0) is 80.2 Å². The number of pyridine rings is 1. The number of thiophene rings is 1. The molecule has 0 aromatic carbocycles. The minimum atomic E-state index is 0.450. The second-order valence-corrected chi connectivity index (χ2v) is 10.6. The van der Waals surface area contributed by atoms with Gasteiger partial charge in [-0.2, -0.15) is 5.10 Å². The number of hydrogen-bond acceptors (Lipinski definition) is 4. The van der Waals surface area contributed by atoms with Gasteiger partial charge in [-0.15, -0.1) is 11.3 Å². The third-order valence-electron chi connectivity index (χ3n) is 7.38. The minimum absolute atomic E-state index is 0.450. The van der Waals surface area contributed by atoms with Crippen LogP contribution in [0, 0.1) is 19.8 Å². The number of nitrogens with zero attached hydrogens (tertiary/aromatic N) is 3. The third-order valence-corrected chi connectivity index (χ3v) is 8.72. The Bertz CT molecular complexity index is 1250. The lowest BCUT2D eigenvalue weighted by molar-refractivity contribution is 0.182. The number of piperidine rings is 2. The van der Waals surface area contributed by atoms with Crippen LogP contribution in [0.3, 0.4) is 0 Å². The summed E-state index contributed by atoms with van der Waals surface area (Å²) < 4.78 is 1.90. The van der Waals surface area contributed by atoms with Crippen molar-refractivity contribution in [2.45, 2.75) is 64.8 Å². The second kappa shape index (κ2) is 6.66. The molecule has 5 nitrogen and oxygen atoms in total. The van der Waals surface area contributed by atoms with E-state index in [1.807, 2.05) is 15.9 Å². The first-order valence-corrected chi connectivity index (χ1v) is 12.0. The number of nitrogens with one attached hydrogen (secondary N) is 2. The van der Waals surface area contributed by atoms with Crippen molar-refractivity contribution < 1.29 is 0 Å². The van der Waals surface area contributed by atoms with E-state index in [0.717, 1.165) is 29.1 Å². The Hall–Kier alpha value is -2.18. The Morgan fingerprint density at radius 2 is 2.10 bits per heavy atom. The van der Waals surface area contributed by atoms with Crippen molar-refractivity contribution in [3.8, 4) is 11.3 Å². The number of aryl methyl sites for hydroxylation is 2. The van der Waals surface area contributed by atoms with Crippen molar-refractivity contribution in [2.24, 2.45) is 5.92 Å². The molecule has 3 unspecified atom stereocenters. The van der Waals surface area contributed by atoms with Crippen LogP contribution >= 0.6 is 11.3 Å². The molecular formula is C24H29N5S. The van der Waals surface area contributed by atoms with Crippen molar-refractivity contribution in [3.63, 3.8) is 0 Å². The molecule has 0 radical (unpaired) electrons. The summed E-state index contributed by atoms with van der Waals surface area (Å²) in [7, 11) is 0. The van der Waals surface area contributed by atoms with E-state index < -0.39 is 0 Å². The van der Waals surface area contributed by atoms with Crippen LogP contribution < -0.4 is 5.32 Å². The number of aromatic amines is 1. The van der Waals surface area contributed by atoms with Crippen LogP contribution in [0.1, 0.15) is 66.5 Å². The number of rotatable bonds is 3. The summed E-state index contributed by atoms with van der Waals surface area (Å²) in [6, 6.07) is 2.96. The van der Waals surface area contributed by atoms with Crippen LogP contribution in [0.4, 0.5) is 0 Å². The highest BCUT2D eigenvalue weighted by atomic mass is 32.1. The van der Waals surface area contributed by atoms with Gasteiger partial charge < -0.3 is 10.3 Å². The summed E-state index contributed by atoms with van der Waals surface area (Å²) in [6.07, 6.45) is 7.78. The molecule has 4 aromatic rings. The van der Waals surface area contributed by atoms with Crippen LogP contribution in [-0.4, -0.2) is 32.2 Å². The molecule has 2 bridgehead atoms. The number of aromatic nitrogens is 4. The van der Waals surface area contributed by atoms with Crippen molar-refractivity contribution in [3.05, 3.63) is 40.2 Å². The van der Waals surface area contributed by atoms with E-state index in [0.29, 0.717) is 5.92 Å². The van der Waals surface area contributed by atoms with Gasteiger partial charge in [0.1, 0.15) is 11.2 Å². The lowest BCUT2D eigenvalue weighted by Crippen LogP contribution is -2.48. The molecule has 1 aliphatic carbocycles. The predicted octanol–water partition coefficient (Wildman–Crippen LogP) is 5.53. The second-order valence-electron chi connectivity index (χ2n) is 9.59. The standard InChI is InChI=1S/C24H29N5S/c1-12(2)19-20-14(4)22(18-8-17-6-5-15(18)9-25-17)30-24(20)28-21(19)16-7-13(3)23-26-11-27-29(23)10-16/h7,10-12,15,17-18,25,28H,5-6,8-9H2,1-4H3. The highest BCUT2D eigenvalue weighted by Crippen LogP contribution is 2.49. The van der Waals surface area contributed by atoms with Gasteiger partial charge >= 0.3 is 0 Å². The van der Waals surface area contributed by atoms with Gasteiger partial charge in [-0.25, -0.2) is 9.50 Å². The van der Waals surface area contributed by atoms with E-state index in [-0.39, 0.29) is 0 Å². The zero-order valence-corrected chi connectivity index (χ0v) is 18.9. The molecule has 2 N–H and O–H groups in total. The Morgan fingerprint density at radius 3 is 2.80 bits per heavy atom. The Kier molecular flexibility index (Phi) is 4.12. The molecule has 30 heavy (non-hydrogen) atoms. The fraction of sp³-hybridized carbons (Fsp3) is 0.500. The van der Waals surface area contributed by atoms with Gasteiger partial charge in [-0.1, -0.05) is 13.8 Å². The van der Waals surface area contributed by atoms with E-state index in [2.05, 4.69) is 60.3 Å². The van der Waals surface area contributed by atoms with Crippen LogP contribution in [0.2, 0.25) is 0 Å². The quantitative estimate of drug-likeness (QED) is 0.459. The zero-order chi connectivity index (χ0) is 20.6. The third kappa shape index (κ3) is 2.63. The van der Waals surface area contributed by atoms with Gasteiger partial charge in [0, 0.05) is 28.1 Å². The molecule has 3 aliphatic rings. The summed E-state index contributed by atoms with van der Waals surface area (Å²) >= 11 is 2.01. The van der Waals surface area contributed by atoms with E-state index >= 15 is 0 Å². The lowest BCUT2D eigenvalue weighted by Gasteiger charge is -2.43. The molecule has 3 atom stereocenters. The van der Waals surface area contributed by atoms with E-state index in [1.54, 1.807) is 11.2 Å². The van der Waals surface area contributed by atoms with Crippen LogP contribution in [0.15, 0.2) is 18.6 Å². The highest BCUT2D eigenvalue weighted by molar-refractivity contribution is 7.19. The van der Waals surface area contributed by atoms with E-state index in [1.165, 1.54) is 58.4 Å². The predicted molar refractivity (Wildman–Crippen MR) is 124 cm³/mol. The van der Waals surface area contributed by atoms with Gasteiger partial charge in [-0.3, -0.25) is 0 Å². The Balaban J connectivity index is 1.52. The van der Waals surface area contributed by atoms with Gasteiger partial charge in [0.15, 0.2) is 5.65 Å². The van der Waals surface area contributed by atoms with E-state index in [4.69, 9.17) is 0 Å². The molecule has 2 saturated heterocycles. The van der Waals surface area contributed by atoms with Gasteiger partial charge in [0.2, 0.25) is 0 Å². The summed E-state index contributed by atoms with van der Waals surface area (Å²) in [5.41, 5.74) is 7.48. The summed E-state index contributed by atoms with van der Waals surface area (Å²) in [4.78, 5) is 11.2. The van der Waals surface area contributed by atoms with Crippen molar-refractivity contribution >= 4 is 27.2 Å². The first-order chi connectivity index (χ1) is 14.5. The molecule has 3 fully saturated rings. The first kappa shape index (κ1) is 18.6. The Morgan fingerprint density at radius 1 is 1.23 bits per heavy atom. The monoisotopic (exact) mass is 419 g/mol. The SMILES string of the molecule is Cc1c(C2CC3CCC2CN3)sc2[nH]c(-c3cc(C)c4ncnn4c3)c(C(C)C)c12. The minimum Gasteiger partial charge on any atom is -0.346 e. The molecule has 7 rings (SSSR count). The first-order valence-electron chi connectivity index (χ1n) is 11.2.